The van der Waals surface area contributed by atoms with Crippen LogP contribution in [0.5, 0.6) is 5.75 Å². The van der Waals surface area contributed by atoms with Crippen molar-refractivity contribution in [3.05, 3.63) is 28.3 Å². The van der Waals surface area contributed by atoms with E-state index in [0.29, 0.717) is 22.9 Å². The number of aryl methyl sites for hydroxylation is 1. The summed E-state index contributed by atoms with van der Waals surface area (Å²) in [5.41, 5.74) is 1.48. The van der Waals surface area contributed by atoms with Gasteiger partial charge in [0.2, 0.25) is 0 Å². The third-order valence-corrected chi connectivity index (χ3v) is 2.12. The van der Waals surface area contributed by atoms with Crippen LogP contribution in [0.1, 0.15) is 29.3 Å². The maximum atomic E-state index is 10.5. The molecular formula is C11H13ClO2. The number of aldehydes is 1. The van der Waals surface area contributed by atoms with Crippen molar-refractivity contribution < 1.29 is 9.53 Å². The monoisotopic (exact) mass is 212 g/mol. The Hall–Kier alpha value is -1.02. The van der Waals surface area contributed by atoms with E-state index in [9.17, 15) is 4.79 Å². The lowest BCUT2D eigenvalue weighted by atomic mass is 10.1. The van der Waals surface area contributed by atoms with Crippen molar-refractivity contribution in [1.29, 1.82) is 0 Å². The molecule has 3 heteroatoms. The molecule has 1 rings (SSSR count). The molecule has 0 spiro atoms. The van der Waals surface area contributed by atoms with Crippen LogP contribution in [0.15, 0.2) is 12.1 Å². The first-order valence-corrected chi connectivity index (χ1v) is 4.95. The Bertz CT molecular complexity index is 311. The molecule has 0 N–H and O–H groups in total. The third-order valence-electron chi connectivity index (χ3n) is 1.84. The van der Waals surface area contributed by atoms with E-state index < -0.39 is 0 Å². The number of carbonyl (C=O) groups is 1. The van der Waals surface area contributed by atoms with E-state index in [0.717, 1.165) is 18.3 Å². The van der Waals surface area contributed by atoms with Gasteiger partial charge in [0.25, 0.3) is 0 Å². The minimum Gasteiger partial charge on any atom is -0.492 e. The maximum Gasteiger partial charge on any atom is 0.150 e. The summed E-state index contributed by atoms with van der Waals surface area (Å²) in [5.74, 6) is 0.680. The number of ether oxygens (including phenoxy) is 1. The molecule has 0 aliphatic carbocycles. The molecule has 1 aromatic rings. The molecule has 0 aliphatic heterocycles. The van der Waals surface area contributed by atoms with Crippen LogP contribution in [0.4, 0.5) is 0 Å². The predicted octanol–water partition coefficient (Wildman–Crippen LogP) is 3.25. The third kappa shape index (κ3) is 2.48. The van der Waals surface area contributed by atoms with E-state index in [1.165, 1.54) is 0 Å². The van der Waals surface area contributed by atoms with Crippen LogP contribution in [0, 0.1) is 6.92 Å². The maximum absolute atomic E-state index is 10.5. The van der Waals surface area contributed by atoms with Crippen molar-refractivity contribution in [2.24, 2.45) is 0 Å². The molecule has 2 nitrogen and oxygen atoms in total. The second-order valence-corrected chi connectivity index (χ2v) is 3.52. The summed E-state index contributed by atoms with van der Waals surface area (Å²) in [6, 6.07) is 3.39. The van der Waals surface area contributed by atoms with Gasteiger partial charge in [-0.2, -0.15) is 0 Å². The van der Waals surface area contributed by atoms with E-state index in [1.807, 2.05) is 13.8 Å². The Labute approximate surface area is 88.8 Å². The molecule has 1 aromatic carbocycles. The summed E-state index contributed by atoms with van der Waals surface area (Å²) in [6.45, 7) is 4.55. The van der Waals surface area contributed by atoms with Crippen LogP contribution in [0.3, 0.4) is 0 Å². The molecule has 0 saturated carbocycles. The number of carbonyl (C=O) groups excluding carboxylic acids is 1. The molecule has 14 heavy (non-hydrogen) atoms. The number of hydrogen-bond donors (Lipinski definition) is 0. The van der Waals surface area contributed by atoms with Gasteiger partial charge in [0, 0.05) is 5.56 Å². The predicted molar refractivity (Wildman–Crippen MR) is 57.4 cm³/mol. The first-order valence-electron chi connectivity index (χ1n) is 4.57. The van der Waals surface area contributed by atoms with Gasteiger partial charge in [-0.1, -0.05) is 18.5 Å². The highest BCUT2D eigenvalue weighted by molar-refractivity contribution is 6.32. The molecule has 0 fully saturated rings. The summed E-state index contributed by atoms with van der Waals surface area (Å²) < 4.78 is 5.47. The van der Waals surface area contributed by atoms with Crippen molar-refractivity contribution in [2.75, 3.05) is 6.61 Å². The molecule has 0 unspecified atom stereocenters. The highest BCUT2D eigenvalue weighted by Crippen LogP contribution is 2.29. The number of halogens is 1. The van der Waals surface area contributed by atoms with Crippen molar-refractivity contribution in [2.45, 2.75) is 20.3 Å². The fraction of sp³-hybridized carbons (Fsp3) is 0.364. The van der Waals surface area contributed by atoms with Gasteiger partial charge >= 0.3 is 0 Å². The smallest absolute Gasteiger partial charge is 0.150 e. The molecule has 0 radical (unpaired) electrons. The second kappa shape index (κ2) is 5.01. The fourth-order valence-electron chi connectivity index (χ4n) is 1.21. The molecule has 0 saturated heterocycles. The highest BCUT2D eigenvalue weighted by Gasteiger charge is 2.07. The summed E-state index contributed by atoms with van der Waals surface area (Å²) in [4.78, 5) is 10.5. The van der Waals surface area contributed by atoms with Crippen LogP contribution in [-0.2, 0) is 0 Å². The first kappa shape index (κ1) is 11.1. The van der Waals surface area contributed by atoms with Gasteiger partial charge in [-0.3, -0.25) is 4.79 Å². The van der Waals surface area contributed by atoms with Crippen molar-refractivity contribution >= 4 is 17.9 Å². The SMILES string of the molecule is CCCOc1c(C)cc(C=O)cc1Cl. The first-order chi connectivity index (χ1) is 6.69. The lowest BCUT2D eigenvalue weighted by Crippen LogP contribution is -1.98. The highest BCUT2D eigenvalue weighted by atomic mass is 35.5. The zero-order chi connectivity index (χ0) is 10.6. The van der Waals surface area contributed by atoms with Gasteiger partial charge in [0.1, 0.15) is 12.0 Å². The Kier molecular flexibility index (Phi) is 3.96. The Morgan fingerprint density at radius 2 is 2.21 bits per heavy atom. The van der Waals surface area contributed by atoms with Gasteiger partial charge in [-0.05, 0) is 31.0 Å². The van der Waals surface area contributed by atoms with Gasteiger partial charge in [0.05, 0.1) is 11.6 Å². The molecule has 76 valence electrons. The van der Waals surface area contributed by atoms with Gasteiger partial charge in [0.15, 0.2) is 0 Å². The number of benzene rings is 1. The molecule has 0 bridgehead atoms. The van der Waals surface area contributed by atoms with Gasteiger partial charge in [-0.15, -0.1) is 0 Å². The zero-order valence-corrected chi connectivity index (χ0v) is 9.10. The average Bonchev–Trinajstić information content (AvgIpc) is 2.16. The lowest BCUT2D eigenvalue weighted by molar-refractivity contribution is 0.112. The van der Waals surface area contributed by atoms with E-state index in [1.54, 1.807) is 12.1 Å². The second-order valence-electron chi connectivity index (χ2n) is 3.12. The summed E-state index contributed by atoms with van der Waals surface area (Å²) in [7, 11) is 0. The number of rotatable bonds is 4. The normalized spacial score (nSPS) is 9.93. The van der Waals surface area contributed by atoms with Gasteiger partial charge < -0.3 is 4.74 Å². The summed E-state index contributed by atoms with van der Waals surface area (Å²) in [6.07, 6.45) is 1.72. The number of hydrogen-bond acceptors (Lipinski definition) is 2. The van der Waals surface area contributed by atoms with Crippen LogP contribution in [0.2, 0.25) is 5.02 Å². The molecular weight excluding hydrogens is 200 g/mol. The van der Waals surface area contributed by atoms with Crippen molar-refractivity contribution in [1.82, 2.24) is 0 Å². The van der Waals surface area contributed by atoms with Crippen LogP contribution in [0.25, 0.3) is 0 Å². The Morgan fingerprint density at radius 3 is 2.71 bits per heavy atom. The standard InChI is InChI=1S/C11H13ClO2/c1-3-4-14-11-8(2)5-9(7-13)6-10(11)12/h5-7H,3-4H2,1-2H3. The lowest BCUT2D eigenvalue weighted by Gasteiger charge is -2.10. The average molecular weight is 213 g/mol. The van der Waals surface area contributed by atoms with E-state index >= 15 is 0 Å². The minimum atomic E-state index is 0.501. The molecule has 0 atom stereocenters. The molecule has 0 amide bonds. The Morgan fingerprint density at radius 1 is 1.50 bits per heavy atom. The minimum absolute atomic E-state index is 0.501. The van der Waals surface area contributed by atoms with Crippen molar-refractivity contribution in [3.63, 3.8) is 0 Å². The van der Waals surface area contributed by atoms with E-state index in [4.69, 9.17) is 16.3 Å². The zero-order valence-electron chi connectivity index (χ0n) is 8.34. The van der Waals surface area contributed by atoms with Crippen LogP contribution < -0.4 is 4.74 Å². The van der Waals surface area contributed by atoms with E-state index in [2.05, 4.69) is 0 Å². The largest absolute Gasteiger partial charge is 0.492 e. The van der Waals surface area contributed by atoms with Crippen molar-refractivity contribution in [3.8, 4) is 5.75 Å². The quantitative estimate of drug-likeness (QED) is 0.717. The van der Waals surface area contributed by atoms with Crippen LogP contribution in [-0.4, -0.2) is 12.9 Å². The topological polar surface area (TPSA) is 26.3 Å². The summed E-state index contributed by atoms with van der Waals surface area (Å²) in [5, 5.41) is 0.501. The molecule has 0 aromatic heterocycles. The van der Waals surface area contributed by atoms with E-state index in [-0.39, 0.29) is 0 Å². The van der Waals surface area contributed by atoms with Crippen LogP contribution >= 0.6 is 11.6 Å². The Balaban J connectivity index is 2.99. The molecule has 0 aliphatic rings. The fourth-order valence-corrected chi connectivity index (χ4v) is 1.54. The van der Waals surface area contributed by atoms with Gasteiger partial charge in [-0.25, -0.2) is 0 Å². The molecule has 0 heterocycles. The summed E-state index contributed by atoms with van der Waals surface area (Å²) >= 11 is 5.97.